The van der Waals surface area contributed by atoms with Gasteiger partial charge < -0.3 is 19.5 Å². The average Bonchev–Trinajstić information content (AvgIpc) is 3.64. The summed E-state index contributed by atoms with van der Waals surface area (Å²) in [6.45, 7) is 12.6. The van der Waals surface area contributed by atoms with Gasteiger partial charge in [0, 0.05) is 49.1 Å². The van der Waals surface area contributed by atoms with Gasteiger partial charge in [-0.15, -0.1) is 10.2 Å². The van der Waals surface area contributed by atoms with E-state index in [1.54, 1.807) is 23.2 Å². The molecule has 0 bridgehead atoms. The zero-order valence-corrected chi connectivity index (χ0v) is 31.1. The Morgan fingerprint density at radius 1 is 0.979 bits per heavy atom. The van der Waals surface area contributed by atoms with E-state index in [0.29, 0.717) is 41.8 Å². The Labute approximate surface area is 294 Å². The maximum absolute atomic E-state index is 12.5. The molecule has 0 radical (unpaired) electrons. The Morgan fingerprint density at radius 2 is 1.67 bits per heavy atom. The third kappa shape index (κ3) is 10.5. The number of carbonyl (C=O) groups is 1. The van der Waals surface area contributed by atoms with Gasteiger partial charge in [0.2, 0.25) is 5.13 Å². The highest BCUT2D eigenvalue weighted by atomic mass is 32.2. The van der Waals surface area contributed by atoms with Crippen LogP contribution >= 0.6 is 35.2 Å². The van der Waals surface area contributed by atoms with E-state index in [4.69, 9.17) is 14.6 Å². The monoisotopic (exact) mass is 711 g/mol. The van der Waals surface area contributed by atoms with Gasteiger partial charge >= 0.3 is 5.69 Å². The molecule has 258 valence electrons. The Morgan fingerprint density at radius 3 is 2.31 bits per heavy atom. The zero-order chi connectivity index (χ0) is 35.2. The third-order valence-corrected chi connectivity index (χ3v) is 8.84. The largest absolute Gasteiger partial charge is 0.493 e. The molecule has 4 N–H and O–H groups in total. The number of aromatic nitrogens is 4. The molecule has 0 unspecified atom stereocenters. The van der Waals surface area contributed by atoms with Crippen LogP contribution in [0.3, 0.4) is 0 Å². The number of imidazole rings is 1. The molecule has 0 amide bonds. The van der Waals surface area contributed by atoms with Crippen LogP contribution in [0.4, 0.5) is 10.8 Å². The lowest BCUT2D eigenvalue weighted by molar-refractivity contribution is 0.0988. The highest BCUT2D eigenvalue weighted by Gasteiger charge is 2.15. The van der Waals surface area contributed by atoms with E-state index in [9.17, 15) is 9.59 Å². The van der Waals surface area contributed by atoms with Gasteiger partial charge in [-0.25, -0.2) is 4.79 Å². The van der Waals surface area contributed by atoms with E-state index >= 15 is 0 Å². The number of hydrogen-bond donors (Lipinski definition) is 3. The minimum absolute atomic E-state index is 0.0994. The van der Waals surface area contributed by atoms with E-state index in [1.807, 2.05) is 81.4 Å². The predicted molar refractivity (Wildman–Crippen MR) is 201 cm³/mol. The van der Waals surface area contributed by atoms with Crippen molar-refractivity contribution in [3.05, 3.63) is 76.7 Å². The molecule has 0 aliphatic rings. The number of anilines is 2. The molecular weight excluding hydrogens is 667 g/mol. The molecule has 2 heterocycles. The summed E-state index contributed by atoms with van der Waals surface area (Å²) in [5.74, 6) is 2.03. The fourth-order valence-electron chi connectivity index (χ4n) is 4.28. The van der Waals surface area contributed by atoms with Gasteiger partial charge in [-0.05, 0) is 74.5 Å². The standard InChI is InChI=1S/C27H29N3O4S.C5H10N4S2.C2H6/c1-5-13-33-19-10-8-11-20(15-19)34-26-17-24-23(29(3)27(32)30(24)4)16-22(26)28-35-21-12-7-9-18(14-21)25(31)6-2;1-3(2)7-4-8-9-5(10-4)11-6;1-2/h7-12,14-17,28H,5-6,13H2,1-4H3;3H,6H2,1-2H3,(H,7,8);1-2H3. The Hall–Kier alpha value is -3.98. The van der Waals surface area contributed by atoms with Crippen molar-refractivity contribution in [2.24, 2.45) is 19.2 Å². The smallest absolute Gasteiger partial charge is 0.328 e. The normalized spacial score (nSPS) is 10.5. The number of rotatable bonds is 13. The summed E-state index contributed by atoms with van der Waals surface area (Å²) in [4.78, 5) is 25.5. The van der Waals surface area contributed by atoms with Crippen molar-refractivity contribution in [2.45, 2.75) is 69.7 Å². The van der Waals surface area contributed by atoms with Gasteiger partial charge in [0.05, 0.1) is 23.3 Å². The van der Waals surface area contributed by atoms with Crippen LogP contribution in [0, 0.1) is 0 Å². The third-order valence-electron chi connectivity index (χ3n) is 6.55. The average molecular weight is 712 g/mol. The molecule has 0 saturated carbocycles. The highest BCUT2D eigenvalue weighted by molar-refractivity contribution is 8.00. The number of aryl methyl sites for hydroxylation is 2. The molecule has 5 rings (SSSR count). The lowest BCUT2D eigenvalue weighted by Gasteiger charge is -2.15. The van der Waals surface area contributed by atoms with Crippen molar-refractivity contribution in [3.63, 3.8) is 0 Å². The van der Waals surface area contributed by atoms with Crippen LogP contribution in [-0.4, -0.2) is 37.8 Å². The number of carbonyl (C=O) groups excluding carboxylic acids is 1. The number of fused-ring (bicyclic) bond motifs is 1. The first-order chi connectivity index (χ1) is 23.1. The molecule has 0 spiro atoms. The molecule has 0 aliphatic carbocycles. The number of nitrogens with two attached hydrogens (primary N) is 1. The summed E-state index contributed by atoms with van der Waals surface area (Å²) in [5.41, 5.74) is 2.81. The van der Waals surface area contributed by atoms with Gasteiger partial charge in [0.15, 0.2) is 15.9 Å². The molecule has 0 fully saturated rings. The van der Waals surface area contributed by atoms with Crippen LogP contribution in [0.1, 0.15) is 64.7 Å². The molecule has 2 aromatic heterocycles. The van der Waals surface area contributed by atoms with Crippen molar-refractivity contribution < 1.29 is 14.3 Å². The summed E-state index contributed by atoms with van der Waals surface area (Å²) >= 11 is 3.97. The van der Waals surface area contributed by atoms with Crippen LogP contribution in [0.5, 0.6) is 17.2 Å². The molecule has 48 heavy (non-hydrogen) atoms. The Bertz CT molecular complexity index is 1840. The van der Waals surface area contributed by atoms with E-state index in [0.717, 1.165) is 49.5 Å². The van der Waals surface area contributed by atoms with Crippen molar-refractivity contribution in [3.8, 4) is 17.2 Å². The number of ketones is 1. The maximum atomic E-state index is 12.5. The molecule has 5 aromatic rings. The van der Waals surface area contributed by atoms with Crippen LogP contribution in [-0.2, 0) is 14.1 Å². The summed E-state index contributed by atoms with van der Waals surface area (Å²) < 4.78 is 19.4. The van der Waals surface area contributed by atoms with Crippen LogP contribution in [0.25, 0.3) is 11.0 Å². The number of hydrogen-bond acceptors (Lipinski definition) is 12. The fourth-order valence-corrected chi connectivity index (χ4v) is 6.14. The minimum atomic E-state index is -0.114. The summed E-state index contributed by atoms with van der Waals surface area (Å²) in [6, 6.07) is 19.1. The Kier molecular flexibility index (Phi) is 15.3. The topological polar surface area (TPSA) is 138 Å². The van der Waals surface area contributed by atoms with Gasteiger partial charge in [0.1, 0.15) is 11.5 Å². The van der Waals surface area contributed by atoms with Gasteiger partial charge in [-0.2, -0.15) is 0 Å². The van der Waals surface area contributed by atoms with Gasteiger partial charge in [0.25, 0.3) is 0 Å². The second-order valence-corrected chi connectivity index (χ2v) is 13.2. The Balaban J connectivity index is 0.000000405. The van der Waals surface area contributed by atoms with E-state index < -0.39 is 0 Å². The predicted octanol–water partition coefficient (Wildman–Crippen LogP) is 8.52. The fraction of sp³-hybridized carbons (Fsp3) is 0.353. The van der Waals surface area contributed by atoms with E-state index in [1.165, 1.54) is 23.3 Å². The van der Waals surface area contributed by atoms with Crippen LogP contribution < -0.4 is 30.3 Å². The highest BCUT2D eigenvalue weighted by Crippen LogP contribution is 2.37. The van der Waals surface area contributed by atoms with Crippen LogP contribution in [0.15, 0.2) is 74.7 Å². The SMILES string of the molecule is CC.CC(C)Nc1nnc(SN)s1.CCCOc1cccc(Oc2cc3c(cc2NSc2cccc(C(=O)CC)c2)n(C)c(=O)n3C)c1. The number of benzene rings is 3. The summed E-state index contributed by atoms with van der Waals surface area (Å²) in [6.07, 6.45) is 1.37. The first-order valence-electron chi connectivity index (χ1n) is 15.8. The van der Waals surface area contributed by atoms with Crippen molar-refractivity contribution in [1.82, 2.24) is 19.3 Å². The lowest BCUT2D eigenvalue weighted by Crippen LogP contribution is -2.19. The van der Waals surface area contributed by atoms with Crippen LogP contribution in [0.2, 0.25) is 0 Å². The first kappa shape index (κ1) is 38.5. The lowest BCUT2D eigenvalue weighted by atomic mass is 10.1. The van der Waals surface area contributed by atoms with Crippen molar-refractivity contribution in [2.75, 3.05) is 16.6 Å². The van der Waals surface area contributed by atoms with E-state index in [2.05, 4.69) is 41.0 Å². The number of ether oxygens (including phenoxy) is 2. The number of Topliss-reactive ketones (excluding diaryl/α,β-unsaturated/α-hetero) is 1. The second-order valence-electron chi connectivity index (χ2n) is 10.5. The van der Waals surface area contributed by atoms with Crippen molar-refractivity contribution >= 4 is 62.9 Å². The molecule has 3 aromatic carbocycles. The molecule has 14 heteroatoms. The van der Waals surface area contributed by atoms with Gasteiger partial charge in [-0.1, -0.05) is 57.2 Å². The minimum Gasteiger partial charge on any atom is -0.493 e. The van der Waals surface area contributed by atoms with Gasteiger partial charge in [-0.3, -0.25) is 19.1 Å². The molecule has 0 saturated heterocycles. The molecule has 0 aliphatic heterocycles. The first-order valence-corrected chi connectivity index (χ1v) is 18.3. The number of nitrogens with zero attached hydrogens (tertiary/aromatic N) is 4. The zero-order valence-electron chi connectivity index (χ0n) is 28.7. The summed E-state index contributed by atoms with van der Waals surface area (Å²) in [5, 5.41) is 17.0. The molecular formula is C34H45N7O4S3. The maximum Gasteiger partial charge on any atom is 0.328 e. The number of nitrogens with one attached hydrogen (secondary N) is 2. The van der Waals surface area contributed by atoms with Crippen molar-refractivity contribution in [1.29, 1.82) is 0 Å². The quantitative estimate of drug-likeness (QED) is 0.0800. The summed E-state index contributed by atoms with van der Waals surface area (Å²) in [7, 11) is 3.49. The molecule has 0 atom stereocenters. The molecule has 11 nitrogen and oxygen atoms in total. The van der Waals surface area contributed by atoms with E-state index in [-0.39, 0.29) is 11.5 Å². The second kappa shape index (κ2) is 19.1.